The number of nitrogens with zero attached hydrogens (tertiary/aromatic N) is 1. The molecule has 102 valence electrons. The van der Waals surface area contributed by atoms with Crippen LogP contribution in [0.4, 0.5) is 0 Å². The quantitative estimate of drug-likeness (QED) is 0.875. The van der Waals surface area contributed by atoms with Crippen molar-refractivity contribution < 1.29 is 4.74 Å². The van der Waals surface area contributed by atoms with E-state index >= 15 is 0 Å². The summed E-state index contributed by atoms with van der Waals surface area (Å²) in [5.41, 5.74) is 3.46. The van der Waals surface area contributed by atoms with Gasteiger partial charge in [0.05, 0.1) is 12.3 Å². The molecule has 0 bridgehead atoms. The van der Waals surface area contributed by atoms with Gasteiger partial charge in [0.1, 0.15) is 5.01 Å². The molecule has 4 heteroatoms. The highest BCUT2D eigenvalue weighted by Gasteiger charge is 2.10. The zero-order chi connectivity index (χ0) is 13.7. The number of aromatic nitrogens is 1. The van der Waals surface area contributed by atoms with E-state index in [4.69, 9.17) is 9.72 Å². The minimum Gasteiger partial charge on any atom is -0.380 e. The Labute approximate surface area is 118 Å². The Bertz CT molecular complexity index is 507. The van der Waals surface area contributed by atoms with Gasteiger partial charge in [-0.3, -0.25) is 0 Å². The normalized spacial score (nSPS) is 12.6. The van der Waals surface area contributed by atoms with Crippen LogP contribution in [0.5, 0.6) is 0 Å². The van der Waals surface area contributed by atoms with Crippen molar-refractivity contribution in [3.05, 3.63) is 40.9 Å². The minimum atomic E-state index is 0.308. The number of nitrogens with one attached hydrogen (secondary N) is 1. The van der Waals surface area contributed by atoms with E-state index in [-0.39, 0.29) is 0 Å². The molecular formula is C15H20N2OS. The molecule has 0 radical (unpaired) electrons. The van der Waals surface area contributed by atoms with Crippen molar-refractivity contribution in [1.82, 2.24) is 10.3 Å². The number of hydrogen-bond acceptors (Lipinski definition) is 4. The summed E-state index contributed by atoms with van der Waals surface area (Å²) >= 11 is 1.69. The van der Waals surface area contributed by atoms with Gasteiger partial charge in [-0.25, -0.2) is 4.98 Å². The Morgan fingerprint density at radius 1 is 1.32 bits per heavy atom. The number of methoxy groups -OCH3 is 1. The summed E-state index contributed by atoms with van der Waals surface area (Å²) in [6.45, 7) is 5.86. The summed E-state index contributed by atoms with van der Waals surface area (Å²) in [4.78, 5) is 4.70. The maximum absolute atomic E-state index is 5.11. The van der Waals surface area contributed by atoms with E-state index in [0.717, 1.165) is 17.2 Å². The van der Waals surface area contributed by atoms with Gasteiger partial charge < -0.3 is 10.1 Å². The van der Waals surface area contributed by atoms with Crippen LogP contribution in [0.2, 0.25) is 0 Å². The fourth-order valence-electron chi connectivity index (χ4n) is 1.94. The van der Waals surface area contributed by atoms with Crippen molar-refractivity contribution in [2.45, 2.75) is 26.5 Å². The van der Waals surface area contributed by atoms with E-state index in [2.05, 4.69) is 48.8 Å². The third-order valence-corrected chi connectivity index (χ3v) is 3.90. The van der Waals surface area contributed by atoms with Crippen LogP contribution in [0.25, 0.3) is 10.6 Å². The fraction of sp³-hybridized carbons (Fsp3) is 0.400. The summed E-state index contributed by atoms with van der Waals surface area (Å²) in [5.74, 6) is 0. The third kappa shape index (κ3) is 3.62. The second-order valence-corrected chi connectivity index (χ2v) is 5.34. The monoisotopic (exact) mass is 276 g/mol. The maximum atomic E-state index is 5.11. The molecule has 1 N–H and O–H groups in total. The van der Waals surface area contributed by atoms with Crippen LogP contribution in [0.15, 0.2) is 29.6 Å². The third-order valence-electron chi connectivity index (χ3n) is 2.99. The van der Waals surface area contributed by atoms with E-state index in [9.17, 15) is 0 Å². The molecule has 0 saturated carbocycles. The van der Waals surface area contributed by atoms with E-state index in [0.29, 0.717) is 12.6 Å². The van der Waals surface area contributed by atoms with Crippen LogP contribution in [0.1, 0.15) is 31.1 Å². The number of thiazole rings is 1. The van der Waals surface area contributed by atoms with Gasteiger partial charge in [-0.1, -0.05) is 31.2 Å². The molecule has 2 aromatic rings. The van der Waals surface area contributed by atoms with Crippen LogP contribution in [-0.2, 0) is 11.3 Å². The van der Waals surface area contributed by atoms with Crippen LogP contribution >= 0.6 is 11.3 Å². The summed E-state index contributed by atoms with van der Waals surface area (Å²) in [5, 5.41) is 6.58. The molecule has 1 heterocycles. The van der Waals surface area contributed by atoms with Gasteiger partial charge in [-0.05, 0) is 19.0 Å². The standard InChI is InChI=1S/C15H20N2OS/c1-4-16-11(2)14-10-19-15(17-14)13-7-5-12(6-8-13)9-18-3/h5-8,10-11,16H,4,9H2,1-3H3. The fourth-order valence-corrected chi connectivity index (χ4v) is 2.86. The molecule has 0 aliphatic heterocycles. The Hall–Kier alpha value is -1.23. The zero-order valence-electron chi connectivity index (χ0n) is 11.6. The second-order valence-electron chi connectivity index (χ2n) is 4.49. The van der Waals surface area contributed by atoms with Gasteiger partial charge in [0.25, 0.3) is 0 Å². The largest absolute Gasteiger partial charge is 0.380 e. The molecule has 1 aromatic carbocycles. The van der Waals surface area contributed by atoms with Gasteiger partial charge in [0.2, 0.25) is 0 Å². The molecule has 3 nitrogen and oxygen atoms in total. The Kier molecular flexibility index (Phi) is 5.07. The van der Waals surface area contributed by atoms with E-state index < -0.39 is 0 Å². The van der Waals surface area contributed by atoms with Crippen molar-refractivity contribution in [3.8, 4) is 10.6 Å². The number of hydrogen-bond donors (Lipinski definition) is 1. The zero-order valence-corrected chi connectivity index (χ0v) is 12.5. The van der Waals surface area contributed by atoms with Crippen molar-refractivity contribution in [2.24, 2.45) is 0 Å². The maximum Gasteiger partial charge on any atom is 0.123 e. The average Bonchev–Trinajstić information content (AvgIpc) is 2.90. The molecule has 0 aliphatic carbocycles. The second kappa shape index (κ2) is 6.80. The number of benzene rings is 1. The molecule has 0 amide bonds. The lowest BCUT2D eigenvalue weighted by atomic mass is 10.1. The van der Waals surface area contributed by atoms with E-state index in [1.807, 2.05) is 0 Å². The first kappa shape index (κ1) is 14.2. The van der Waals surface area contributed by atoms with Gasteiger partial charge in [-0.2, -0.15) is 0 Å². The Morgan fingerprint density at radius 2 is 2.05 bits per heavy atom. The minimum absolute atomic E-state index is 0.308. The molecule has 1 unspecified atom stereocenters. The molecule has 2 rings (SSSR count). The molecular weight excluding hydrogens is 256 g/mol. The smallest absolute Gasteiger partial charge is 0.123 e. The van der Waals surface area contributed by atoms with Gasteiger partial charge in [0.15, 0.2) is 0 Å². The molecule has 19 heavy (non-hydrogen) atoms. The number of ether oxygens (including phenoxy) is 1. The summed E-state index contributed by atoms with van der Waals surface area (Å²) in [6, 6.07) is 8.70. The van der Waals surface area contributed by atoms with Crippen molar-refractivity contribution in [3.63, 3.8) is 0 Å². The molecule has 0 saturated heterocycles. The van der Waals surface area contributed by atoms with Gasteiger partial charge in [-0.15, -0.1) is 11.3 Å². The van der Waals surface area contributed by atoms with Crippen LogP contribution in [-0.4, -0.2) is 18.6 Å². The van der Waals surface area contributed by atoms with Crippen LogP contribution in [0, 0.1) is 0 Å². The molecule has 0 spiro atoms. The molecule has 1 atom stereocenters. The highest BCUT2D eigenvalue weighted by atomic mass is 32.1. The highest BCUT2D eigenvalue weighted by Crippen LogP contribution is 2.26. The molecule has 1 aromatic heterocycles. The van der Waals surface area contributed by atoms with E-state index in [1.165, 1.54) is 11.1 Å². The Morgan fingerprint density at radius 3 is 2.68 bits per heavy atom. The topological polar surface area (TPSA) is 34.1 Å². The predicted molar refractivity (Wildman–Crippen MR) is 80.4 cm³/mol. The number of rotatable bonds is 6. The SMILES string of the molecule is CCNC(C)c1csc(-c2ccc(COC)cc2)n1. The molecule has 0 aliphatic rings. The molecule has 0 fully saturated rings. The lowest BCUT2D eigenvalue weighted by molar-refractivity contribution is 0.185. The van der Waals surface area contributed by atoms with Crippen LogP contribution < -0.4 is 5.32 Å². The van der Waals surface area contributed by atoms with Crippen molar-refractivity contribution in [2.75, 3.05) is 13.7 Å². The summed E-state index contributed by atoms with van der Waals surface area (Å²) in [7, 11) is 1.71. The van der Waals surface area contributed by atoms with Gasteiger partial charge >= 0.3 is 0 Å². The predicted octanol–water partition coefficient (Wildman–Crippen LogP) is 3.63. The average molecular weight is 276 g/mol. The first-order valence-corrected chi connectivity index (χ1v) is 7.39. The highest BCUT2D eigenvalue weighted by molar-refractivity contribution is 7.13. The van der Waals surface area contributed by atoms with Crippen molar-refractivity contribution >= 4 is 11.3 Å². The Balaban J connectivity index is 2.13. The lowest BCUT2D eigenvalue weighted by Crippen LogP contribution is -2.17. The van der Waals surface area contributed by atoms with Gasteiger partial charge in [0, 0.05) is 24.1 Å². The lowest BCUT2D eigenvalue weighted by Gasteiger charge is -2.08. The first-order valence-electron chi connectivity index (χ1n) is 6.51. The van der Waals surface area contributed by atoms with Crippen molar-refractivity contribution in [1.29, 1.82) is 0 Å². The van der Waals surface area contributed by atoms with Crippen LogP contribution in [0.3, 0.4) is 0 Å². The first-order chi connectivity index (χ1) is 9.24. The van der Waals surface area contributed by atoms with E-state index in [1.54, 1.807) is 18.4 Å². The summed E-state index contributed by atoms with van der Waals surface area (Å²) in [6.07, 6.45) is 0. The summed E-state index contributed by atoms with van der Waals surface area (Å²) < 4.78 is 5.11.